The van der Waals surface area contributed by atoms with E-state index in [2.05, 4.69) is 16.7 Å². The molecule has 98 valence electrons. The van der Waals surface area contributed by atoms with Crippen molar-refractivity contribution in [3.8, 4) is 6.07 Å². The molecule has 1 atom stereocenters. The molecule has 0 aromatic heterocycles. The third-order valence-electron chi connectivity index (χ3n) is 1.90. The third-order valence-corrected chi connectivity index (χ3v) is 1.90. The summed E-state index contributed by atoms with van der Waals surface area (Å²) in [4.78, 5) is 11.3. The van der Waals surface area contributed by atoms with Gasteiger partial charge in [-0.15, -0.1) is 0 Å². The Bertz CT molecular complexity index is 266. The highest BCUT2D eigenvalue weighted by Gasteiger charge is 2.16. The van der Waals surface area contributed by atoms with E-state index in [1.54, 1.807) is 0 Å². The van der Waals surface area contributed by atoms with Crippen LogP contribution in [0.5, 0.6) is 0 Å². The lowest BCUT2D eigenvalue weighted by atomic mass is 10.2. The zero-order valence-electron chi connectivity index (χ0n) is 11.2. The molecule has 1 amide bonds. The van der Waals surface area contributed by atoms with Crippen LogP contribution in [-0.4, -0.2) is 30.8 Å². The zero-order chi connectivity index (χ0) is 13.3. The number of carbonyl (C=O) groups is 1. The molecule has 2 N–H and O–H groups in total. The number of rotatable bonds is 6. The van der Waals surface area contributed by atoms with Crippen molar-refractivity contribution < 1.29 is 9.53 Å². The summed E-state index contributed by atoms with van der Waals surface area (Å²) in [6.07, 6.45) is 1.12. The van der Waals surface area contributed by atoms with Gasteiger partial charge in [-0.05, 0) is 40.2 Å². The molecule has 0 aromatic carbocycles. The molecule has 17 heavy (non-hydrogen) atoms. The molecule has 5 heteroatoms. The lowest BCUT2D eigenvalue weighted by molar-refractivity contribution is 0.0526. The molecule has 0 aliphatic carbocycles. The minimum absolute atomic E-state index is 0.218. The van der Waals surface area contributed by atoms with E-state index in [0.717, 1.165) is 13.0 Å². The van der Waals surface area contributed by atoms with Gasteiger partial charge in [0.15, 0.2) is 0 Å². The Labute approximate surface area is 104 Å². The molecule has 0 spiro atoms. The second kappa shape index (κ2) is 7.91. The topological polar surface area (TPSA) is 74.2 Å². The number of nitrogens with one attached hydrogen (secondary N) is 2. The molecule has 0 radical (unpaired) electrons. The van der Waals surface area contributed by atoms with Gasteiger partial charge in [0, 0.05) is 6.54 Å². The number of ether oxygens (including phenoxy) is 1. The molecule has 0 fully saturated rings. The van der Waals surface area contributed by atoms with Gasteiger partial charge in [0.25, 0.3) is 0 Å². The Balaban J connectivity index is 3.75. The van der Waals surface area contributed by atoms with Gasteiger partial charge in [-0.2, -0.15) is 5.26 Å². The average Bonchev–Trinajstić information content (AvgIpc) is 2.20. The molecule has 0 rings (SSSR count). The van der Waals surface area contributed by atoms with Crippen molar-refractivity contribution in [3.05, 3.63) is 0 Å². The van der Waals surface area contributed by atoms with Gasteiger partial charge in [-0.1, -0.05) is 6.92 Å². The van der Waals surface area contributed by atoms with Crippen LogP contribution in [0, 0.1) is 11.3 Å². The number of nitrogens with zero attached hydrogens (tertiary/aromatic N) is 1. The van der Waals surface area contributed by atoms with E-state index in [1.807, 2.05) is 27.7 Å². The first-order valence-electron chi connectivity index (χ1n) is 5.99. The van der Waals surface area contributed by atoms with Crippen LogP contribution < -0.4 is 10.6 Å². The van der Waals surface area contributed by atoms with E-state index in [1.165, 1.54) is 0 Å². The van der Waals surface area contributed by atoms with E-state index in [4.69, 9.17) is 10.00 Å². The van der Waals surface area contributed by atoms with Crippen molar-refractivity contribution in [1.29, 1.82) is 5.26 Å². The fourth-order valence-electron chi connectivity index (χ4n) is 1.16. The highest BCUT2D eigenvalue weighted by molar-refractivity contribution is 5.67. The molecule has 0 heterocycles. The first-order chi connectivity index (χ1) is 7.89. The van der Waals surface area contributed by atoms with Crippen molar-refractivity contribution in [2.45, 2.75) is 52.2 Å². The lowest BCUT2D eigenvalue weighted by Gasteiger charge is -2.20. The van der Waals surface area contributed by atoms with Crippen molar-refractivity contribution in [2.24, 2.45) is 0 Å². The summed E-state index contributed by atoms with van der Waals surface area (Å²) in [5, 5.41) is 14.6. The number of amides is 1. The van der Waals surface area contributed by atoms with Gasteiger partial charge in [-0.25, -0.2) is 4.79 Å². The Morgan fingerprint density at radius 3 is 2.53 bits per heavy atom. The first kappa shape index (κ1) is 15.7. The maximum Gasteiger partial charge on any atom is 0.407 e. The van der Waals surface area contributed by atoms with Crippen LogP contribution in [0.15, 0.2) is 0 Å². The molecule has 0 saturated carbocycles. The van der Waals surface area contributed by atoms with Gasteiger partial charge in [-0.3, -0.25) is 0 Å². The van der Waals surface area contributed by atoms with Crippen LogP contribution in [0.1, 0.15) is 40.5 Å². The largest absolute Gasteiger partial charge is 0.444 e. The van der Waals surface area contributed by atoms with Crippen molar-refractivity contribution in [3.63, 3.8) is 0 Å². The highest BCUT2D eigenvalue weighted by atomic mass is 16.6. The molecule has 0 saturated heterocycles. The lowest BCUT2D eigenvalue weighted by Crippen LogP contribution is -2.36. The number of carbonyl (C=O) groups excluding carboxylic acids is 1. The quantitative estimate of drug-likeness (QED) is 0.743. The molecule has 0 bridgehead atoms. The number of hydrogen-bond donors (Lipinski definition) is 2. The van der Waals surface area contributed by atoms with E-state index >= 15 is 0 Å². The van der Waals surface area contributed by atoms with Crippen LogP contribution in [0.4, 0.5) is 4.79 Å². The van der Waals surface area contributed by atoms with E-state index < -0.39 is 11.7 Å². The van der Waals surface area contributed by atoms with Gasteiger partial charge >= 0.3 is 6.09 Å². The molecule has 0 aromatic rings. The third kappa shape index (κ3) is 9.64. The minimum atomic E-state index is -0.487. The second-order valence-electron chi connectivity index (χ2n) is 4.85. The van der Waals surface area contributed by atoms with E-state index in [9.17, 15) is 4.79 Å². The summed E-state index contributed by atoms with van der Waals surface area (Å²) in [6.45, 7) is 8.73. The first-order valence-corrected chi connectivity index (χ1v) is 5.99. The van der Waals surface area contributed by atoms with Gasteiger partial charge in [0.05, 0.1) is 12.1 Å². The maximum absolute atomic E-state index is 11.3. The summed E-state index contributed by atoms with van der Waals surface area (Å²) >= 11 is 0. The Morgan fingerprint density at radius 1 is 1.41 bits per heavy atom. The van der Waals surface area contributed by atoms with Gasteiger partial charge < -0.3 is 15.4 Å². The second-order valence-corrected chi connectivity index (χ2v) is 4.85. The SMILES string of the molecule is CCCNC(C#N)CCNC(=O)OC(C)(C)C. The summed E-state index contributed by atoms with van der Waals surface area (Å²) in [6, 6.07) is 1.94. The molecule has 0 aliphatic rings. The fraction of sp³-hybridized carbons (Fsp3) is 0.833. The minimum Gasteiger partial charge on any atom is -0.444 e. The molecule has 1 unspecified atom stereocenters. The van der Waals surface area contributed by atoms with Crippen LogP contribution in [0.3, 0.4) is 0 Å². The van der Waals surface area contributed by atoms with Crippen LogP contribution in [0.25, 0.3) is 0 Å². The van der Waals surface area contributed by atoms with Gasteiger partial charge in [0.2, 0.25) is 0 Å². The number of hydrogen-bond acceptors (Lipinski definition) is 4. The normalized spacial score (nSPS) is 12.6. The monoisotopic (exact) mass is 241 g/mol. The van der Waals surface area contributed by atoms with Crippen molar-refractivity contribution in [2.75, 3.05) is 13.1 Å². The Kier molecular flexibility index (Phi) is 7.31. The van der Waals surface area contributed by atoms with Crippen LogP contribution in [-0.2, 0) is 4.74 Å². The van der Waals surface area contributed by atoms with Crippen molar-refractivity contribution >= 4 is 6.09 Å². The highest BCUT2D eigenvalue weighted by Crippen LogP contribution is 2.06. The van der Waals surface area contributed by atoms with Gasteiger partial charge in [0.1, 0.15) is 5.60 Å². The molecular weight excluding hydrogens is 218 g/mol. The standard InChI is InChI=1S/C12H23N3O2/c1-5-7-14-10(9-13)6-8-15-11(16)17-12(2,3)4/h10,14H,5-8H2,1-4H3,(H,15,16). The fourth-order valence-corrected chi connectivity index (χ4v) is 1.16. The number of alkyl carbamates (subject to hydrolysis) is 1. The van der Waals surface area contributed by atoms with E-state index in [0.29, 0.717) is 13.0 Å². The summed E-state index contributed by atoms with van der Waals surface area (Å²) in [5.74, 6) is 0. The number of nitriles is 1. The summed E-state index contributed by atoms with van der Waals surface area (Å²) in [7, 11) is 0. The molecule has 0 aliphatic heterocycles. The predicted octanol–water partition coefficient (Wildman–Crippen LogP) is 1.79. The van der Waals surface area contributed by atoms with Crippen LogP contribution in [0.2, 0.25) is 0 Å². The Morgan fingerprint density at radius 2 is 2.06 bits per heavy atom. The molecular formula is C12H23N3O2. The summed E-state index contributed by atoms with van der Waals surface area (Å²) in [5.41, 5.74) is -0.487. The smallest absolute Gasteiger partial charge is 0.407 e. The Hall–Kier alpha value is -1.28. The van der Waals surface area contributed by atoms with Crippen molar-refractivity contribution in [1.82, 2.24) is 10.6 Å². The molecule has 5 nitrogen and oxygen atoms in total. The van der Waals surface area contributed by atoms with Crippen LogP contribution >= 0.6 is 0 Å². The van der Waals surface area contributed by atoms with E-state index in [-0.39, 0.29) is 6.04 Å². The predicted molar refractivity (Wildman–Crippen MR) is 66.5 cm³/mol. The maximum atomic E-state index is 11.3. The zero-order valence-corrected chi connectivity index (χ0v) is 11.2. The summed E-state index contributed by atoms with van der Waals surface area (Å²) < 4.78 is 5.08. The average molecular weight is 241 g/mol.